The fourth-order valence-electron chi connectivity index (χ4n) is 1.84. The molecule has 0 amide bonds. The molecule has 19 heavy (non-hydrogen) atoms. The number of rotatable bonds is 3. The molecule has 3 rings (SSSR count). The van der Waals surface area contributed by atoms with Gasteiger partial charge in [0.1, 0.15) is 5.00 Å². The van der Waals surface area contributed by atoms with Crippen molar-refractivity contribution in [1.29, 1.82) is 0 Å². The number of fused-ring (bicyclic) bond motifs is 1. The van der Waals surface area contributed by atoms with Crippen LogP contribution >= 0.6 is 11.3 Å². The molecule has 0 saturated heterocycles. The van der Waals surface area contributed by atoms with Gasteiger partial charge in [0.05, 0.1) is 5.51 Å². The highest BCUT2D eigenvalue weighted by atomic mass is 32.1. The van der Waals surface area contributed by atoms with Crippen LogP contribution in [0.15, 0.2) is 42.2 Å². The Morgan fingerprint density at radius 3 is 3.05 bits per heavy atom. The monoisotopic (exact) mass is 271 g/mol. The molecule has 2 aromatic heterocycles. The van der Waals surface area contributed by atoms with Gasteiger partial charge in [-0.15, -0.1) is 11.3 Å². The summed E-state index contributed by atoms with van der Waals surface area (Å²) in [6.07, 6.45) is 3.48. The molecule has 0 aliphatic carbocycles. The molecule has 94 valence electrons. The van der Waals surface area contributed by atoms with Crippen LogP contribution in [-0.4, -0.2) is 21.0 Å². The van der Waals surface area contributed by atoms with Gasteiger partial charge in [0.25, 0.3) is 0 Å². The molecular weight excluding hydrogens is 262 g/mol. The van der Waals surface area contributed by atoms with Crippen molar-refractivity contribution in [2.45, 2.75) is 0 Å². The Labute approximate surface area is 112 Å². The molecule has 2 N–H and O–H groups in total. The highest BCUT2D eigenvalue weighted by Crippen LogP contribution is 2.29. The number of anilines is 2. The third-order valence-electron chi connectivity index (χ3n) is 2.70. The molecule has 2 heterocycles. The SMILES string of the molecule is O=C(O)c1ncsc1Nc1cccc2cnccc12. The summed E-state index contributed by atoms with van der Waals surface area (Å²) >= 11 is 1.26. The van der Waals surface area contributed by atoms with Gasteiger partial charge in [-0.3, -0.25) is 4.98 Å². The molecule has 1 aromatic carbocycles. The predicted molar refractivity (Wildman–Crippen MR) is 74.1 cm³/mol. The number of hydrogen-bond donors (Lipinski definition) is 2. The number of nitrogens with one attached hydrogen (secondary N) is 1. The van der Waals surface area contributed by atoms with E-state index < -0.39 is 5.97 Å². The summed E-state index contributed by atoms with van der Waals surface area (Å²) in [7, 11) is 0. The van der Waals surface area contributed by atoms with Crippen LogP contribution in [0.3, 0.4) is 0 Å². The van der Waals surface area contributed by atoms with E-state index >= 15 is 0 Å². The van der Waals surface area contributed by atoms with Gasteiger partial charge in [0, 0.05) is 28.9 Å². The Morgan fingerprint density at radius 2 is 2.21 bits per heavy atom. The van der Waals surface area contributed by atoms with Crippen molar-refractivity contribution in [1.82, 2.24) is 9.97 Å². The van der Waals surface area contributed by atoms with E-state index in [2.05, 4.69) is 15.3 Å². The highest BCUT2D eigenvalue weighted by molar-refractivity contribution is 7.14. The first-order chi connectivity index (χ1) is 9.25. The quantitative estimate of drug-likeness (QED) is 0.765. The number of hydrogen-bond acceptors (Lipinski definition) is 5. The number of carboxylic acid groups (broad SMARTS) is 1. The van der Waals surface area contributed by atoms with Crippen LogP contribution in [0.2, 0.25) is 0 Å². The fraction of sp³-hybridized carbons (Fsp3) is 0. The molecule has 6 heteroatoms. The molecule has 0 radical (unpaired) electrons. The fourth-order valence-corrected chi connectivity index (χ4v) is 2.53. The Morgan fingerprint density at radius 1 is 1.32 bits per heavy atom. The second-order valence-corrected chi connectivity index (χ2v) is 4.72. The summed E-state index contributed by atoms with van der Waals surface area (Å²) in [5.41, 5.74) is 2.39. The average molecular weight is 271 g/mol. The van der Waals surface area contributed by atoms with Gasteiger partial charge >= 0.3 is 5.97 Å². The number of benzene rings is 1. The molecule has 5 nitrogen and oxygen atoms in total. The lowest BCUT2D eigenvalue weighted by molar-refractivity contribution is 0.0692. The van der Waals surface area contributed by atoms with Crippen molar-refractivity contribution in [2.75, 3.05) is 5.32 Å². The lowest BCUT2D eigenvalue weighted by Gasteiger charge is -2.08. The molecular formula is C13H9N3O2S. The lowest BCUT2D eigenvalue weighted by atomic mass is 10.1. The summed E-state index contributed by atoms with van der Waals surface area (Å²) < 4.78 is 0. The Balaban J connectivity index is 2.06. The van der Waals surface area contributed by atoms with E-state index in [1.165, 1.54) is 16.8 Å². The number of nitrogens with zero attached hydrogens (tertiary/aromatic N) is 2. The van der Waals surface area contributed by atoms with E-state index in [0.717, 1.165) is 16.5 Å². The van der Waals surface area contributed by atoms with Gasteiger partial charge in [-0.25, -0.2) is 9.78 Å². The van der Waals surface area contributed by atoms with Crippen LogP contribution in [0.1, 0.15) is 10.5 Å². The third-order valence-corrected chi connectivity index (χ3v) is 3.44. The average Bonchev–Trinajstić information content (AvgIpc) is 2.87. The van der Waals surface area contributed by atoms with Gasteiger partial charge in [-0.2, -0.15) is 0 Å². The molecule has 0 spiro atoms. The zero-order valence-corrected chi connectivity index (χ0v) is 10.5. The van der Waals surface area contributed by atoms with E-state index in [0.29, 0.717) is 5.00 Å². The number of carbonyl (C=O) groups is 1. The van der Waals surface area contributed by atoms with Crippen molar-refractivity contribution in [2.24, 2.45) is 0 Å². The number of carboxylic acids is 1. The number of aromatic nitrogens is 2. The van der Waals surface area contributed by atoms with Crippen LogP contribution in [0.25, 0.3) is 10.8 Å². The molecule has 0 bridgehead atoms. The van der Waals surface area contributed by atoms with Crippen molar-refractivity contribution in [3.63, 3.8) is 0 Å². The smallest absolute Gasteiger partial charge is 0.357 e. The Bertz CT molecular complexity index is 749. The van der Waals surface area contributed by atoms with E-state index in [1.807, 2.05) is 24.3 Å². The molecule has 0 atom stereocenters. The first-order valence-electron chi connectivity index (χ1n) is 5.52. The number of thiazole rings is 1. The normalized spacial score (nSPS) is 10.5. The van der Waals surface area contributed by atoms with Crippen molar-refractivity contribution in [3.05, 3.63) is 47.9 Å². The topological polar surface area (TPSA) is 75.1 Å². The summed E-state index contributed by atoms with van der Waals surface area (Å²) in [5, 5.41) is 14.7. The predicted octanol–water partition coefficient (Wildman–Crippen LogP) is 3.13. The zero-order chi connectivity index (χ0) is 13.2. The first kappa shape index (κ1) is 11.6. The maximum Gasteiger partial charge on any atom is 0.357 e. The molecule has 0 saturated carbocycles. The molecule has 0 fully saturated rings. The van der Waals surface area contributed by atoms with Crippen LogP contribution in [0, 0.1) is 0 Å². The Kier molecular flexibility index (Phi) is 2.85. The van der Waals surface area contributed by atoms with E-state index in [4.69, 9.17) is 5.11 Å². The number of pyridine rings is 1. The van der Waals surface area contributed by atoms with Gasteiger partial charge in [0.15, 0.2) is 5.69 Å². The second kappa shape index (κ2) is 4.66. The van der Waals surface area contributed by atoms with Gasteiger partial charge in [-0.1, -0.05) is 12.1 Å². The first-order valence-corrected chi connectivity index (χ1v) is 6.40. The standard InChI is InChI=1S/C13H9N3O2S/c17-13(18)11-12(19-7-15-11)16-10-3-1-2-8-6-14-5-4-9(8)10/h1-7,16H,(H,17,18). The summed E-state index contributed by atoms with van der Waals surface area (Å²) in [6, 6.07) is 7.64. The van der Waals surface area contributed by atoms with E-state index in [9.17, 15) is 4.79 Å². The van der Waals surface area contributed by atoms with Crippen LogP contribution < -0.4 is 5.32 Å². The largest absolute Gasteiger partial charge is 0.476 e. The van der Waals surface area contributed by atoms with E-state index in [-0.39, 0.29) is 5.69 Å². The van der Waals surface area contributed by atoms with Crippen molar-refractivity contribution in [3.8, 4) is 0 Å². The lowest BCUT2D eigenvalue weighted by Crippen LogP contribution is -2.01. The maximum absolute atomic E-state index is 11.0. The molecule has 3 aromatic rings. The molecule has 0 aliphatic heterocycles. The highest BCUT2D eigenvalue weighted by Gasteiger charge is 2.14. The van der Waals surface area contributed by atoms with Crippen LogP contribution in [-0.2, 0) is 0 Å². The third kappa shape index (κ3) is 2.13. The van der Waals surface area contributed by atoms with Crippen LogP contribution in [0.5, 0.6) is 0 Å². The summed E-state index contributed by atoms with van der Waals surface area (Å²) in [5.74, 6) is -1.04. The van der Waals surface area contributed by atoms with Crippen molar-refractivity contribution < 1.29 is 9.90 Å². The minimum atomic E-state index is -1.04. The van der Waals surface area contributed by atoms with Crippen molar-refractivity contribution >= 4 is 38.8 Å². The minimum absolute atomic E-state index is 0.0380. The zero-order valence-electron chi connectivity index (χ0n) is 9.70. The number of aromatic carboxylic acids is 1. The summed E-state index contributed by atoms with van der Waals surface area (Å²) in [4.78, 5) is 18.9. The second-order valence-electron chi connectivity index (χ2n) is 3.86. The van der Waals surface area contributed by atoms with E-state index in [1.54, 1.807) is 12.4 Å². The van der Waals surface area contributed by atoms with Crippen LogP contribution in [0.4, 0.5) is 10.7 Å². The van der Waals surface area contributed by atoms with Gasteiger partial charge in [-0.05, 0) is 12.1 Å². The molecule has 0 aliphatic rings. The van der Waals surface area contributed by atoms with Gasteiger partial charge in [0.2, 0.25) is 0 Å². The maximum atomic E-state index is 11.0. The summed E-state index contributed by atoms with van der Waals surface area (Å²) in [6.45, 7) is 0. The minimum Gasteiger partial charge on any atom is -0.476 e. The molecule has 0 unspecified atom stereocenters. The Hall–Kier alpha value is -2.47. The van der Waals surface area contributed by atoms with Gasteiger partial charge < -0.3 is 10.4 Å².